The van der Waals surface area contributed by atoms with Gasteiger partial charge in [-0.3, -0.25) is 9.59 Å². The number of fused-ring (bicyclic) bond motifs is 7. The number of carbonyl (C=O) groups excluding carboxylic acids is 1. The Morgan fingerprint density at radius 1 is 1.18 bits per heavy atom. The molecule has 9 heteroatoms. The van der Waals surface area contributed by atoms with Crippen LogP contribution in [0.5, 0.6) is 11.5 Å². The number of rotatable bonds is 2. The Morgan fingerprint density at radius 3 is 2.62 bits per heavy atom. The van der Waals surface area contributed by atoms with E-state index in [1.807, 2.05) is 0 Å². The van der Waals surface area contributed by atoms with Crippen molar-refractivity contribution in [1.29, 1.82) is 0 Å². The number of hydrogen-bond donors (Lipinski definition) is 1. The minimum atomic E-state index is -1.71. The van der Waals surface area contributed by atoms with Gasteiger partial charge in [-0.05, 0) is 36.8 Å². The third-order valence-corrected chi connectivity index (χ3v) is 8.01. The summed E-state index contributed by atoms with van der Waals surface area (Å²) in [6.07, 6.45) is 2.81. The molecule has 1 saturated carbocycles. The van der Waals surface area contributed by atoms with Crippen LogP contribution in [0.25, 0.3) is 22.3 Å². The number of aliphatic hydroxyl groups is 1. The molecule has 3 aliphatic heterocycles. The molecule has 3 aromatic rings. The molecular formula is C25H20F2N2O5. The van der Waals surface area contributed by atoms with Crippen molar-refractivity contribution in [3.05, 3.63) is 50.3 Å². The molecule has 8 rings (SSSR count). The summed E-state index contributed by atoms with van der Waals surface area (Å²) in [6.45, 7) is 1.58. The van der Waals surface area contributed by atoms with Gasteiger partial charge in [-0.2, -0.15) is 8.78 Å². The predicted molar refractivity (Wildman–Crippen MR) is 116 cm³/mol. The number of nitrogens with zero attached hydrogens (tertiary/aromatic N) is 2. The fourth-order valence-electron chi connectivity index (χ4n) is 5.97. The van der Waals surface area contributed by atoms with Crippen LogP contribution >= 0.6 is 0 Å². The number of benzene rings is 1. The molecule has 1 N–H and O–H groups in total. The summed E-state index contributed by atoms with van der Waals surface area (Å²) in [4.78, 5) is 30.7. The summed E-state index contributed by atoms with van der Waals surface area (Å²) < 4.78 is 42.1. The summed E-state index contributed by atoms with van der Waals surface area (Å²) in [6, 6.07) is 1.66. The van der Waals surface area contributed by atoms with Crippen LogP contribution in [0.3, 0.4) is 0 Å². The Balaban J connectivity index is 1.59. The summed E-state index contributed by atoms with van der Waals surface area (Å²) in [5.74, 6) is -3.05. The second-order valence-electron chi connectivity index (χ2n) is 9.52. The van der Waals surface area contributed by atoms with Crippen molar-refractivity contribution in [2.75, 3.05) is 6.79 Å². The van der Waals surface area contributed by atoms with E-state index in [2.05, 4.69) is 0 Å². The molecule has 174 valence electrons. The van der Waals surface area contributed by atoms with Crippen molar-refractivity contribution in [2.24, 2.45) is 0 Å². The van der Waals surface area contributed by atoms with Gasteiger partial charge in [0, 0.05) is 23.1 Å². The fraction of sp³-hybridized carbons (Fsp3) is 0.400. The highest BCUT2D eigenvalue weighted by Crippen LogP contribution is 2.52. The first-order valence-corrected chi connectivity index (χ1v) is 11.5. The first-order chi connectivity index (χ1) is 16.3. The lowest BCUT2D eigenvalue weighted by Gasteiger charge is -2.29. The normalized spacial score (nSPS) is 22.2. The summed E-state index contributed by atoms with van der Waals surface area (Å²) in [5.41, 5.74) is 1.23. The van der Waals surface area contributed by atoms with Crippen LogP contribution in [0.4, 0.5) is 8.78 Å². The Morgan fingerprint density at radius 2 is 1.91 bits per heavy atom. The average molecular weight is 466 g/mol. The first-order valence-electron chi connectivity index (χ1n) is 11.5. The smallest absolute Gasteiger partial charge is 0.255 e. The Bertz CT molecular complexity index is 1540. The second kappa shape index (κ2) is 6.41. The van der Waals surface area contributed by atoms with Gasteiger partial charge in [0.2, 0.25) is 18.4 Å². The molecule has 1 aromatic carbocycles. The molecule has 0 amide bonds. The number of halogens is 2. The molecule has 34 heavy (non-hydrogen) atoms. The van der Waals surface area contributed by atoms with Crippen LogP contribution in [-0.2, 0) is 23.4 Å². The standard InChI is InChI=1S/C25H20F2N2O5/c1-2-25(32)13-7-14-20-12(8-29(14)24(31)11(13)6-15(25)30)16(10-4-3-5-10)17-21(28-20)23-19(27)18(26)22(17)33-9-34-23/h7,10,32H,2-6,8-9H2,1H3. The van der Waals surface area contributed by atoms with E-state index in [9.17, 15) is 23.5 Å². The first kappa shape index (κ1) is 20.1. The highest BCUT2D eigenvalue weighted by molar-refractivity contribution is 5.98. The Kier molecular flexibility index (Phi) is 3.79. The molecule has 1 atom stereocenters. The van der Waals surface area contributed by atoms with Gasteiger partial charge in [0.1, 0.15) is 11.1 Å². The number of Topliss-reactive ketones (excluding diaryl/α,β-unsaturated/α-hetero) is 1. The van der Waals surface area contributed by atoms with Gasteiger partial charge in [-0.25, -0.2) is 4.98 Å². The number of aromatic nitrogens is 2. The van der Waals surface area contributed by atoms with Crippen molar-refractivity contribution in [2.45, 2.75) is 57.1 Å². The van der Waals surface area contributed by atoms with Crippen molar-refractivity contribution >= 4 is 16.7 Å². The van der Waals surface area contributed by atoms with Crippen molar-refractivity contribution < 1.29 is 28.2 Å². The molecule has 1 fully saturated rings. The number of carbonyl (C=O) groups is 1. The van der Waals surface area contributed by atoms with Crippen LogP contribution in [0, 0.1) is 11.6 Å². The van der Waals surface area contributed by atoms with Crippen LogP contribution in [-0.4, -0.2) is 27.2 Å². The predicted octanol–water partition coefficient (Wildman–Crippen LogP) is 3.42. The minimum Gasteiger partial charge on any atom is -0.454 e. The van der Waals surface area contributed by atoms with Crippen molar-refractivity contribution in [3.8, 4) is 22.9 Å². The van der Waals surface area contributed by atoms with Gasteiger partial charge >= 0.3 is 0 Å². The van der Waals surface area contributed by atoms with E-state index < -0.39 is 23.0 Å². The SMILES string of the molecule is CCC1(O)C(=O)Cc2c1cc1n(c2=O)Cc2c-1nc1c3c(F)c(F)c(c1c2C1CCC1)OCO3. The largest absolute Gasteiger partial charge is 0.454 e. The zero-order chi connectivity index (χ0) is 23.5. The van der Waals surface area contributed by atoms with Gasteiger partial charge < -0.3 is 19.1 Å². The summed E-state index contributed by atoms with van der Waals surface area (Å²) in [5, 5.41) is 11.4. The van der Waals surface area contributed by atoms with Crippen LogP contribution in [0.1, 0.15) is 60.8 Å². The molecule has 2 bridgehead atoms. The number of hydrogen-bond acceptors (Lipinski definition) is 6. The van der Waals surface area contributed by atoms with E-state index in [1.54, 1.807) is 17.6 Å². The molecule has 5 heterocycles. The number of pyridine rings is 2. The average Bonchev–Trinajstić information content (AvgIpc) is 3.14. The minimum absolute atomic E-state index is 0.100. The highest BCUT2D eigenvalue weighted by atomic mass is 19.2. The topological polar surface area (TPSA) is 90.7 Å². The summed E-state index contributed by atoms with van der Waals surface area (Å²) in [7, 11) is 0. The van der Waals surface area contributed by atoms with E-state index in [4.69, 9.17) is 14.5 Å². The molecule has 1 unspecified atom stereocenters. The quantitative estimate of drug-likeness (QED) is 0.487. The van der Waals surface area contributed by atoms with Crippen LogP contribution < -0.4 is 15.0 Å². The maximum absolute atomic E-state index is 14.9. The van der Waals surface area contributed by atoms with E-state index in [-0.39, 0.29) is 54.7 Å². The van der Waals surface area contributed by atoms with E-state index in [1.165, 1.54) is 0 Å². The van der Waals surface area contributed by atoms with Crippen molar-refractivity contribution in [3.63, 3.8) is 0 Å². The number of ketones is 1. The van der Waals surface area contributed by atoms with Gasteiger partial charge in [0.05, 0.1) is 23.3 Å². The maximum Gasteiger partial charge on any atom is 0.255 e. The zero-order valence-corrected chi connectivity index (χ0v) is 18.3. The zero-order valence-electron chi connectivity index (χ0n) is 18.3. The van der Waals surface area contributed by atoms with Crippen LogP contribution in [0.15, 0.2) is 10.9 Å². The molecule has 5 aliphatic rings. The molecule has 7 nitrogen and oxygen atoms in total. The van der Waals surface area contributed by atoms with Gasteiger partial charge in [0.25, 0.3) is 5.56 Å². The fourth-order valence-corrected chi connectivity index (χ4v) is 5.97. The molecule has 2 aliphatic carbocycles. The third-order valence-electron chi connectivity index (χ3n) is 8.01. The third kappa shape index (κ3) is 2.21. The van der Waals surface area contributed by atoms with Crippen LogP contribution in [0.2, 0.25) is 0 Å². The molecular weight excluding hydrogens is 446 g/mol. The van der Waals surface area contributed by atoms with E-state index >= 15 is 0 Å². The molecule has 0 spiro atoms. The molecule has 0 radical (unpaired) electrons. The molecule has 2 aromatic heterocycles. The Hall–Kier alpha value is -3.33. The van der Waals surface area contributed by atoms with Crippen molar-refractivity contribution in [1.82, 2.24) is 9.55 Å². The number of ether oxygens (including phenoxy) is 2. The monoisotopic (exact) mass is 466 g/mol. The van der Waals surface area contributed by atoms with E-state index in [0.29, 0.717) is 27.9 Å². The lowest BCUT2D eigenvalue weighted by molar-refractivity contribution is -0.136. The van der Waals surface area contributed by atoms with Gasteiger partial charge in [0.15, 0.2) is 17.3 Å². The van der Waals surface area contributed by atoms with Gasteiger partial charge in [-0.15, -0.1) is 0 Å². The molecule has 0 saturated heterocycles. The summed E-state index contributed by atoms with van der Waals surface area (Å²) >= 11 is 0. The highest BCUT2D eigenvalue weighted by Gasteiger charge is 2.46. The lowest BCUT2D eigenvalue weighted by Crippen LogP contribution is -2.31. The lowest BCUT2D eigenvalue weighted by atomic mass is 9.76. The van der Waals surface area contributed by atoms with E-state index in [0.717, 1.165) is 30.4 Å². The Labute approximate surface area is 191 Å². The van der Waals surface area contributed by atoms with Gasteiger partial charge in [-0.1, -0.05) is 13.3 Å². The maximum atomic E-state index is 14.9. The second-order valence-corrected chi connectivity index (χ2v) is 9.52.